The molecule has 0 fully saturated rings. The molecule has 0 unspecified atom stereocenters. The highest BCUT2D eigenvalue weighted by Gasteiger charge is 2.19. The van der Waals surface area contributed by atoms with Crippen molar-refractivity contribution in [3.8, 4) is 0 Å². The Morgan fingerprint density at radius 3 is 2.50 bits per heavy atom. The third-order valence-corrected chi connectivity index (χ3v) is 3.37. The number of rotatable bonds is 2. The van der Waals surface area contributed by atoms with Gasteiger partial charge in [0.15, 0.2) is 0 Å². The van der Waals surface area contributed by atoms with Crippen molar-refractivity contribution in [2.45, 2.75) is 12.8 Å². The highest BCUT2D eigenvalue weighted by molar-refractivity contribution is 5.99. The Bertz CT molecular complexity index is 781. The van der Waals surface area contributed by atoms with Gasteiger partial charge in [0, 0.05) is 0 Å². The second-order valence-corrected chi connectivity index (χ2v) is 5.06. The number of hydrogen-bond acceptors (Lipinski definition) is 4. The zero-order valence-electron chi connectivity index (χ0n) is 12.6. The molecule has 6 nitrogen and oxygen atoms in total. The summed E-state index contributed by atoms with van der Waals surface area (Å²) in [6.45, 7) is 0. The quantitative estimate of drug-likeness (QED) is 0.287. The average Bonchev–Trinajstić information content (AvgIpc) is 2.94. The minimum atomic E-state index is -0.526. The number of benzene rings is 2. The Hall–Kier alpha value is -3.00. The number of anilines is 2. The summed E-state index contributed by atoms with van der Waals surface area (Å²) in [4.78, 5) is 21.6. The Morgan fingerprint density at radius 2 is 1.83 bits per heavy atom. The number of carbonyl (C=O) groups excluding carboxylic acids is 2. The summed E-state index contributed by atoms with van der Waals surface area (Å²) in [5, 5.41) is 2.45. The van der Waals surface area contributed by atoms with Crippen molar-refractivity contribution in [1.29, 1.82) is 0 Å². The Morgan fingerprint density at radius 1 is 1.17 bits per heavy atom. The second kappa shape index (κ2) is 7.51. The molecule has 1 aliphatic rings. The lowest BCUT2D eigenvalue weighted by atomic mass is 10.1. The summed E-state index contributed by atoms with van der Waals surface area (Å²) in [5.41, 5.74) is 8.85. The van der Waals surface area contributed by atoms with Crippen LogP contribution in [-0.2, 0) is 22.4 Å². The van der Waals surface area contributed by atoms with Crippen molar-refractivity contribution in [2.75, 3.05) is 11.1 Å². The Balaban J connectivity index is 0.000000175. The molecule has 0 atom stereocenters. The highest BCUT2D eigenvalue weighted by Crippen LogP contribution is 2.25. The number of hydrazine groups is 1. The van der Waals surface area contributed by atoms with E-state index in [1.807, 2.05) is 5.43 Å². The van der Waals surface area contributed by atoms with Gasteiger partial charge in [-0.25, -0.2) is 14.6 Å². The topological polar surface area (TPSA) is 110 Å². The maximum absolute atomic E-state index is 12.8. The Labute approximate surface area is 136 Å². The molecule has 0 spiro atoms. The van der Waals surface area contributed by atoms with E-state index in [9.17, 15) is 18.4 Å². The van der Waals surface area contributed by atoms with Crippen LogP contribution in [0.15, 0.2) is 36.4 Å². The second-order valence-electron chi connectivity index (χ2n) is 5.06. The third kappa shape index (κ3) is 4.05. The molecule has 126 valence electrons. The van der Waals surface area contributed by atoms with Gasteiger partial charge in [-0.15, -0.1) is 0 Å². The van der Waals surface area contributed by atoms with Crippen LogP contribution in [0.4, 0.5) is 20.2 Å². The molecule has 0 aliphatic carbocycles. The van der Waals surface area contributed by atoms with Gasteiger partial charge in [0.1, 0.15) is 11.6 Å². The molecule has 24 heavy (non-hydrogen) atoms. The molecule has 3 rings (SSSR count). The first-order valence-electron chi connectivity index (χ1n) is 7.02. The van der Waals surface area contributed by atoms with Gasteiger partial charge in [-0.05, 0) is 23.3 Å². The van der Waals surface area contributed by atoms with Crippen LogP contribution in [0.2, 0.25) is 0 Å². The monoisotopic (exact) mass is 334 g/mol. The highest BCUT2D eigenvalue weighted by atomic mass is 19.1. The lowest BCUT2D eigenvalue weighted by molar-refractivity contribution is -0.120. The zero-order chi connectivity index (χ0) is 17.7. The predicted molar refractivity (Wildman–Crippen MR) is 85.6 cm³/mol. The van der Waals surface area contributed by atoms with E-state index < -0.39 is 11.7 Å². The van der Waals surface area contributed by atoms with E-state index in [2.05, 4.69) is 5.32 Å². The smallest absolute Gasteiger partial charge is 0.238 e. The van der Waals surface area contributed by atoms with Crippen molar-refractivity contribution in [3.05, 3.63) is 59.2 Å². The summed E-state index contributed by atoms with van der Waals surface area (Å²) in [6, 6.07) is 8.99. The fourth-order valence-electron chi connectivity index (χ4n) is 2.17. The van der Waals surface area contributed by atoms with Crippen LogP contribution in [0.3, 0.4) is 0 Å². The molecule has 2 aromatic rings. The summed E-state index contributed by atoms with van der Waals surface area (Å²) in [5.74, 6) is 3.46. The molecular formula is C16H16F2N4O2. The predicted octanol–water partition coefficient (Wildman–Crippen LogP) is 1.26. The van der Waals surface area contributed by atoms with Gasteiger partial charge in [0.25, 0.3) is 0 Å². The molecule has 0 radical (unpaired) electrons. The average molecular weight is 334 g/mol. The molecule has 2 amide bonds. The van der Waals surface area contributed by atoms with E-state index in [0.29, 0.717) is 17.7 Å². The maximum atomic E-state index is 12.8. The van der Waals surface area contributed by atoms with Crippen LogP contribution in [-0.4, -0.2) is 11.8 Å². The molecule has 0 saturated heterocycles. The first-order chi connectivity index (χ1) is 11.4. The number of hydrogen-bond donors (Lipinski definition) is 4. The minimum Gasteiger partial charge on any atom is -0.396 e. The summed E-state index contributed by atoms with van der Waals surface area (Å²) in [7, 11) is 0. The number of nitrogens with two attached hydrogens (primary N) is 2. The maximum Gasteiger partial charge on any atom is 0.238 e. The standard InChI is InChI=1S/C8H10FN3O.C8H6FNO/c9-6-3-1-2-5(8(6)10)4-7(13)12-11;9-6-3-1-2-5-4-7(11)10-8(5)6/h1-3H,4,10-11H2,(H,12,13);1-3H,4H2,(H,10,11). The van der Waals surface area contributed by atoms with Crippen LogP contribution in [0.25, 0.3) is 0 Å². The van der Waals surface area contributed by atoms with Gasteiger partial charge in [-0.1, -0.05) is 24.3 Å². The number of para-hydroxylation sites is 2. The molecule has 1 heterocycles. The van der Waals surface area contributed by atoms with Crippen molar-refractivity contribution in [1.82, 2.24) is 5.43 Å². The SMILES string of the molecule is NNC(=O)Cc1cccc(F)c1N.O=C1Cc2cccc(F)c2N1. The van der Waals surface area contributed by atoms with E-state index >= 15 is 0 Å². The minimum absolute atomic E-state index is 0.00824. The number of nitrogens with one attached hydrogen (secondary N) is 2. The third-order valence-electron chi connectivity index (χ3n) is 3.37. The number of halogens is 2. The van der Waals surface area contributed by atoms with Crippen LogP contribution < -0.4 is 22.3 Å². The molecule has 0 saturated carbocycles. The fraction of sp³-hybridized carbons (Fsp3) is 0.125. The molecule has 0 bridgehead atoms. The zero-order valence-corrected chi connectivity index (χ0v) is 12.6. The number of fused-ring (bicyclic) bond motifs is 1. The van der Waals surface area contributed by atoms with E-state index in [4.69, 9.17) is 11.6 Å². The van der Waals surface area contributed by atoms with Gasteiger partial charge < -0.3 is 11.1 Å². The van der Waals surface area contributed by atoms with Gasteiger partial charge in [0.05, 0.1) is 24.2 Å². The molecule has 2 aromatic carbocycles. The molecule has 0 aromatic heterocycles. The van der Waals surface area contributed by atoms with Gasteiger partial charge in [-0.2, -0.15) is 0 Å². The summed E-state index contributed by atoms with van der Waals surface area (Å²) < 4.78 is 25.7. The first kappa shape index (κ1) is 17.4. The van der Waals surface area contributed by atoms with Crippen LogP contribution in [0.5, 0.6) is 0 Å². The van der Waals surface area contributed by atoms with Crippen LogP contribution >= 0.6 is 0 Å². The van der Waals surface area contributed by atoms with Gasteiger partial charge in [0.2, 0.25) is 11.8 Å². The lowest BCUT2D eigenvalue weighted by Crippen LogP contribution is -2.31. The van der Waals surface area contributed by atoms with Crippen molar-refractivity contribution in [2.24, 2.45) is 5.84 Å². The lowest BCUT2D eigenvalue weighted by Gasteiger charge is -2.04. The molecule has 6 N–H and O–H groups in total. The summed E-state index contributed by atoms with van der Waals surface area (Å²) in [6.07, 6.45) is 0.285. The van der Waals surface area contributed by atoms with E-state index in [1.165, 1.54) is 18.2 Å². The number of nitrogen functional groups attached to an aromatic ring is 1. The first-order valence-corrected chi connectivity index (χ1v) is 7.02. The van der Waals surface area contributed by atoms with Crippen molar-refractivity contribution in [3.63, 3.8) is 0 Å². The van der Waals surface area contributed by atoms with E-state index in [0.717, 1.165) is 5.56 Å². The largest absolute Gasteiger partial charge is 0.396 e. The molecular weight excluding hydrogens is 318 g/mol. The number of carbonyl (C=O) groups is 2. The van der Waals surface area contributed by atoms with Crippen molar-refractivity contribution < 1.29 is 18.4 Å². The normalized spacial score (nSPS) is 11.9. The Kier molecular flexibility index (Phi) is 5.43. The van der Waals surface area contributed by atoms with E-state index in [-0.39, 0.29) is 23.8 Å². The van der Waals surface area contributed by atoms with E-state index in [1.54, 1.807) is 18.2 Å². The summed E-state index contributed by atoms with van der Waals surface area (Å²) >= 11 is 0. The van der Waals surface area contributed by atoms with Crippen LogP contribution in [0.1, 0.15) is 11.1 Å². The van der Waals surface area contributed by atoms with Crippen LogP contribution in [0, 0.1) is 11.6 Å². The molecule has 8 heteroatoms. The number of amides is 2. The van der Waals surface area contributed by atoms with Crippen molar-refractivity contribution >= 4 is 23.2 Å². The fourth-order valence-corrected chi connectivity index (χ4v) is 2.17. The molecule has 1 aliphatic heterocycles. The van der Waals surface area contributed by atoms with Gasteiger partial charge in [-0.3, -0.25) is 15.0 Å². The van der Waals surface area contributed by atoms with Gasteiger partial charge >= 0.3 is 0 Å².